The number of rotatable bonds is 3. The SMILES string of the molecule is FC(F)(F)C(F)(F)C(F)(F)C(F)(F)C1CCCCC1I. The van der Waals surface area contributed by atoms with Crippen molar-refractivity contribution in [2.75, 3.05) is 0 Å². The zero-order valence-electron chi connectivity index (χ0n) is 9.76. The normalized spacial score (nSPS) is 26.7. The lowest BCUT2D eigenvalue weighted by molar-refractivity contribution is -0.403. The van der Waals surface area contributed by atoms with Gasteiger partial charge in [0.15, 0.2) is 0 Å². The molecule has 1 rings (SSSR count). The highest BCUT2D eigenvalue weighted by molar-refractivity contribution is 14.1. The quantitative estimate of drug-likeness (QED) is 0.319. The van der Waals surface area contributed by atoms with Crippen LogP contribution in [0.4, 0.5) is 39.5 Å². The molecule has 0 heterocycles. The third-order valence-corrected chi connectivity index (χ3v) is 4.81. The third kappa shape index (κ3) is 2.72. The predicted molar refractivity (Wildman–Crippen MR) is 60.7 cm³/mol. The van der Waals surface area contributed by atoms with E-state index >= 15 is 0 Å². The van der Waals surface area contributed by atoms with E-state index in [4.69, 9.17) is 0 Å². The Labute approximate surface area is 122 Å². The lowest BCUT2D eigenvalue weighted by Crippen LogP contribution is -2.64. The number of hydrogen-bond donors (Lipinski definition) is 0. The van der Waals surface area contributed by atoms with Crippen molar-refractivity contribution >= 4 is 22.6 Å². The standard InChI is InChI=1S/C10H10F9I/c11-7(12,5-3-1-2-4-6(5)20)8(13,14)9(15,16)10(17,18)19/h5-6H,1-4H2. The second kappa shape index (κ2) is 5.38. The van der Waals surface area contributed by atoms with Crippen molar-refractivity contribution in [1.29, 1.82) is 0 Å². The Hall–Kier alpha value is 0.1000. The minimum absolute atomic E-state index is 0.0779. The van der Waals surface area contributed by atoms with Gasteiger partial charge in [-0.2, -0.15) is 39.5 Å². The van der Waals surface area contributed by atoms with E-state index in [0.29, 0.717) is 6.42 Å². The zero-order chi connectivity index (χ0) is 16.0. The summed E-state index contributed by atoms with van der Waals surface area (Å²) in [6.45, 7) is 0. The molecule has 0 bridgehead atoms. The summed E-state index contributed by atoms with van der Waals surface area (Å²) in [6.07, 6.45) is -6.64. The van der Waals surface area contributed by atoms with Crippen molar-refractivity contribution in [1.82, 2.24) is 0 Å². The van der Waals surface area contributed by atoms with Crippen LogP contribution in [0.2, 0.25) is 0 Å². The van der Waals surface area contributed by atoms with E-state index in [-0.39, 0.29) is 12.8 Å². The minimum atomic E-state index is -6.78. The van der Waals surface area contributed by atoms with Crippen molar-refractivity contribution in [2.45, 2.75) is 53.6 Å². The first kappa shape index (κ1) is 18.1. The number of alkyl halides is 10. The van der Waals surface area contributed by atoms with Crippen molar-refractivity contribution in [2.24, 2.45) is 5.92 Å². The Morgan fingerprint density at radius 3 is 1.55 bits per heavy atom. The average molecular weight is 428 g/mol. The summed E-state index contributed by atoms with van der Waals surface area (Å²) in [4.78, 5) is 0. The molecule has 10 heteroatoms. The average Bonchev–Trinajstić information content (AvgIpc) is 2.27. The molecule has 0 aliphatic heterocycles. The van der Waals surface area contributed by atoms with Crippen LogP contribution in [-0.4, -0.2) is 27.9 Å². The molecule has 0 aromatic carbocycles. The van der Waals surface area contributed by atoms with E-state index in [9.17, 15) is 39.5 Å². The lowest BCUT2D eigenvalue weighted by Gasteiger charge is -2.40. The van der Waals surface area contributed by atoms with Crippen LogP contribution >= 0.6 is 22.6 Å². The number of halogens is 10. The highest BCUT2D eigenvalue weighted by Gasteiger charge is 2.83. The smallest absolute Gasteiger partial charge is 0.199 e. The molecule has 0 spiro atoms. The molecule has 0 nitrogen and oxygen atoms in total. The van der Waals surface area contributed by atoms with Crippen molar-refractivity contribution in [3.63, 3.8) is 0 Å². The summed E-state index contributed by atoms with van der Waals surface area (Å²) in [7, 11) is 0. The molecule has 1 fully saturated rings. The molecule has 0 saturated heterocycles. The molecule has 0 radical (unpaired) electrons. The van der Waals surface area contributed by atoms with E-state index < -0.39 is 40.2 Å². The van der Waals surface area contributed by atoms with Crippen LogP contribution in [0.15, 0.2) is 0 Å². The van der Waals surface area contributed by atoms with Gasteiger partial charge in [0, 0.05) is 9.84 Å². The van der Waals surface area contributed by atoms with Crippen LogP contribution in [0.1, 0.15) is 25.7 Å². The molecule has 2 unspecified atom stereocenters. The predicted octanol–water partition coefficient (Wildman–Crippen LogP) is 5.45. The molecule has 0 aromatic heterocycles. The van der Waals surface area contributed by atoms with Crippen LogP contribution in [0.5, 0.6) is 0 Å². The number of hydrogen-bond acceptors (Lipinski definition) is 0. The summed E-state index contributed by atoms with van der Waals surface area (Å²) in [5.74, 6) is -20.9. The van der Waals surface area contributed by atoms with E-state index in [1.54, 1.807) is 0 Å². The molecular formula is C10H10F9I. The van der Waals surface area contributed by atoms with Gasteiger partial charge >= 0.3 is 23.9 Å². The fourth-order valence-electron chi connectivity index (χ4n) is 2.11. The van der Waals surface area contributed by atoms with Gasteiger partial charge in [0.2, 0.25) is 0 Å². The molecule has 1 aliphatic rings. The van der Waals surface area contributed by atoms with Crippen molar-refractivity contribution in [3.8, 4) is 0 Å². The summed E-state index contributed by atoms with van der Waals surface area (Å²) in [5, 5.41) is 0. The molecule has 2 atom stereocenters. The maximum absolute atomic E-state index is 13.6. The first-order valence-electron chi connectivity index (χ1n) is 5.61. The summed E-state index contributed by atoms with van der Waals surface area (Å²) in [6, 6.07) is 0. The van der Waals surface area contributed by atoms with Gasteiger partial charge in [0.1, 0.15) is 0 Å². The van der Waals surface area contributed by atoms with E-state index in [1.165, 1.54) is 22.6 Å². The fourth-order valence-corrected chi connectivity index (χ4v) is 3.37. The van der Waals surface area contributed by atoms with Gasteiger partial charge in [-0.1, -0.05) is 35.4 Å². The van der Waals surface area contributed by atoms with E-state index in [1.807, 2.05) is 0 Å². The Bertz CT molecular complexity index is 349. The maximum atomic E-state index is 13.6. The van der Waals surface area contributed by atoms with Gasteiger partial charge in [-0.25, -0.2) is 0 Å². The Morgan fingerprint density at radius 2 is 1.15 bits per heavy atom. The Balaban J connectivity index is 3.17. The molecule has 1 aliphatic carbocycles. The van der Waals surface area contributed by atoms with Crippen LogP contribution in [0.25, 0.3) is 0 Å². The van der Waals surface area contributed by atoms with Gasteiger partial charge in [0.05, 0.1) is 0 Å². The van der Waals surface area contributed by atoms with Gasteiger partial charge in [0.25, 0.3) is 0 Å². The van der Waals surface area contributed by atoms with Gasteiger partial charge < -0.3 is 0 Å². The molecule has 1 saturated carbocycles. The Morgan fingerprint density at radius 1 is 0.700 bits per heavy atom. The molecular weight excluding hydrogens is 418 g/mol. The van der Waals surface area contributed by atoms with Gasteiger partial charge in [-0.3, -0.25) is 0 Å². The van der Waals surface area contributed by atoms with E-state index in [0.717, 1.165) is 0 Å². The third-order valence-electron chi connectivity index (χ3n) is 3.32. The highest BCUT2D eigenvalue weighted by atomic mass is 127. The fraction of sp³-hybridized carbons (Fsp3) is 1.00. The van der Waals surface area contributed by atoms with Crippen LogP contribution in [0.3, 0.4) is 0 Å². The van der Waals surface area contributed by atoms with Gasteiger partial charge in [-0.05, 0) is 12.8 Å². The Kier molecular flexibility index (Phi) is 4.88. The minimum Gasteiger partial charge on any atom is -0.199 e. The van der Waals surface area contributed by atoms with Crippen LogP contribution in [-0.2, 0) is 0 Å². The second-order valence-electron chi connectivity index (χ2n) is 4.68. The van der Waals surface area contributed by atoms with Crippen molar-refractivity contribution in [3.05, 3.63) is 0 Å². The van der Waals surface area contributed by atoms with Crippen molar-refractivity contribution < 1.29 is 39.5 Å². The molecule has 0 N–H and O–H groups in total. The second-order valence-corrected chi connectivity index (χ2v) is 6.28. The first-order valence-corrected chi connectivity index (χ1v) is 6.85. The molecule has 20 heavy (non-hydrogen) atoms. The summed E-state index contributed by atoms with van der Waals surface area (Å²) in [5.41, 5.74) is 0. The largest absolute Gasteiger partial charge is 0.460 e. The van der Waals surface area contributed by atoms with Crippen LogP contribution < -0.4 is 0 Å². The summed E-state index contributed by atoms with van der Waals surface area (Å²) >= 11 is 1.39. The monoisotopic (exact) mass is 428 g/mol. The summed E-state index contributed by atoms with van der Waals surface area (Å²) < 4.78 is 114. The maximum Gasteiger partial charge on any atom is 0.460 e. The highest BCUT2D eigenvalue weighted by Crippen LogP contribution is 2.57. The first-order chi connectivity index (χ1) is 8.77. The van der Waals surface area contributed by atoms with Crippen LogP contribution in [0, 0.1) is 5.92 Å². The van der Waals surface area contributed by atoms with E-state index in [2.05, 4.69) is 0 Å². The topological polar surface area (TPSA) is 0 Å². The van der Waals surface area contributed by atoms with Gasteiger partial charge in [-0.15, -0.1) is 0 Å². The lowest BCUT2D eigenvalue weighted by atomic mass is 9.80. The molecule has 0 aromatic rings. The molecule has 0 amide bonds. The molecule has 120 valence electrons. The zero-order valence-corrected chi connectivity index (χ0v) is 11.9.